The highest BCUT2D eigenvalue weighted by Gasteiger charge is 2.34. The Morgan fingerprint density at radius 1 is 1.38 bits per heavy atom. The van der Waals surface area contributed by atoms with Gasteiger partial charge >= 0.3 is 0 Å². The fourth-order valence-electron chi connectivity index (χ4n) is 3.09. The van der Waals surface area contributed by atoms with Crippen molar-refractivity contribution in [2.24, 2.45) is 0 Å². The van der Waals surface area contributed by atoms with E-state index in [1.54, 1.807) is 29.6 Å². The molecule has 0 aliphatic carbocycles. The highest BCUT2D eigenvalue weighted by Crippen LogP contribution is 2.34. The lowest BCUT2D eigenvalue weighted by molar-refractivity contribution is 0.172. The molecule has 132 valence electrons. The van der Waals surface area contributed by atoms with E-state index in [1.807, 2.05) is 0 Å². The van der Waals surface area contributed by atoms with Gasteiger partial charge in [-0.1, -0.05) is 11.6 Å². The van der Waals surface area contributed by atoms with Gasteiger partial charge in [0, 0.05) is 32.4 Å². The van der Waals surface area contributed by atoms with Gasteiger partial charge in [-0.15, -0.1) is 11.3 Å². The standard InChI is InChI=1S/C16H22N2O4S2/c1-21-11-4-6-13-5-2-3-10-18(13)24(19,20)16-8-7-15(23-16)14-9-12-22-17-14/h7-9,12-13H,2-6,10-11H2,1H3/t13-/m0/s1. The van der Waals surface area contributed by atoms with Gasteiger partial charge in [0.25, 0.3) is 10.0 Å². The van der Waals surface area contributed by atoms with Gasteiger partial charge in [-0.25, -0.2) is 8.42 Å². The molecule has 1 saturated heterocycles. The lowest BCUT2D eigenvalue weighted by atomic mass is 10.0. The number of sulfonamides is 1. The third-order valence-electron chi connectivity index (χ3n) is 4.29. The van der Waals surface area contributed by atoms with E-state index in [9.17, 15) is 8.42 Å². The maximum atomic E-state index is 13.1. The summed E-state index contributed by atoms with van der Waals surface area (Å²) >= 11 is 1.24. The summed E-state index contributed by atoms with van der Waals surface area (Å²) in [6, 6.07) is 5.26. The summed E-state index contributed by atoms with van der Waals surface area (Å²) in [6.07, 6.45) is 6.13. The Kier molecular flexibility index (Phi) is 5.70. The summed E-state index contributed by atoms with van der Waals surface area (Å²) in [6.45, 7) is 1.26. The number of hydrogen-bond donors (Lipinski definition) is 0. The summed E-state index contributed by atoms with van der Waals surface area (Å²) in [4.78, 5) is 0.801. The third kappa shape index (κ3) is 3.72. The predicted molar refractivity (Wildman–Crippen MR) is 92.5 cm³/mol. The van der Waals surface area contributed by atoms with Gasteiger partial charge in [0.05, 0.1) is 4.88 Å². The van der Waals surface area contributed by atoms with Crippen LogP contribution in [0.5, 0.6) is 0 Å². The maximum Gasteiger partial charge on any atom is 0.252 e. The topological polar surface area (TPSA) is 72.6 Å². The number of aromatic nitrogens is 1. The van der Waals surface area contributed by atoms with Crippen LogP contribution in [-0.2, 0) is 14.8 Å². The number of hydrogen-bond acceptors (Lipinski definition) is 6. The highest BCUT2D eigenvalue weighted by atomic mass is 32.2. The number of thiophene rings is 1. The van der Waals surface area contributed by atoms with E-state index in [0.717, 1.165) is 37.0 Å². The number of nitrogens with zero attached hydrogens (tertiary/aromatic N) is 2. The largest absolute Gasteiger partial charge is 0.385 e. The molecule has 0 amide bonds. The quantitative estimate of drug-likeness (QED) is 0.699. The van der Waals surface area contributed by atoms with Crippen LogP contribution in [0.1, 0.15) is 32.1 Å². The normalized spacial score (nSPS) is 19.6. The molecule has 1 aliphatic heterocycles. The summed E-state index contributed by atoms with van der Waals surface area (Å²) in [7, 11) is -1.79. The number of ether oxygens (including phenoxy) is 1. The molecule has 0 bridgehead atoms. The highest BCUT2D eigenvalue weighted by molar-refractivity contribution is 7.91. The molecule has 3 heterocycles. The number of methoxy groups -OCH3 is 1. The van der Waals surface area contributed by atoms with Gasteiger partial charge in [-0.2, -0.15) is 4.31 Å². The molecule has 1 aliphatic rings. The lowest BCUT2D eigenvalue weighted by Gasteiger charge is -2.34. The van der Waals surface area contributed by atoms with E-state index < -0.39 is 10.0 Å². The first-order chi connectivity index (χ1) is 11.6. The molecule has 6 nitrogen and oxygen atoms in total. The van der Waals surface area contributed by atoms with E-state index in [-0.39, 0.29) is 6.04 Å². The summed E-state index contributed by atoms with van der Waals surface area (Å²) in [5, 5.41) is 3.87. The minimum absolute atomic E-state index is 0.0662. The van der Waals surface area contributed by atoms with E-state index >= 15 is 0 Å². The van der Waals surface area contributed by atoms with Gasteiger partial charge < -0.3 is 9.26 Å². The molecule has 3 rings (SSSR count). The van der Waals surface area contributed by atoms with Crippen molar-refractivity contribution in [1.82, 2.24) is 9.46 Å². The van der Waals surface area contributed by atoms with Crippen molar-refractivity contribution in [3.8, 4) is 10.6 Å². The van der Waals surface area contributed by atoms with Gasteiger partial charge in [0.1, 0.15) is 16.2 Å². The Bertz CT molecular complexity index is 740. The molecule has 0 unspecified atom stereocenters. The fourth-order valence-corrected chi connectivity index (χ4v) is 6.21. The second-order valence-electron chi connectivity index (χ2n) is 5.90. The smallest absolute Gasteiger partial charge is 0.252 e. The van der Waals surface area contributed by atoms with E-state index in [1.165, 1.54) is 17.6 Å². The molecule has 1 atom stereocenters. The maximum absolute atomic E-state index is 13.1. The summed E-state index contributed by atoms with van der Waals surface area (Å²) in [5.74, 6) is 0. The van der Waals surface area contributed by atoms with E-state index in [4.69, 9.17) is 9.26 Å². The van der Waals surface area contributed by atoms with Gasteiger partial charge in [0.2, 0.25) is 0 Å². The van der Waals surface area contributed by atoms with Crippen LogP contribution in [0, 0.1) is 0 Å². The summed E-state index contributed by atoms with van der Waals surface area (Å²) in [5.41, 5.74) is 0.664. The van der Waals surface area contributed by atoms with Crippen molar-refractivity contribution in [3.63, 3.8) is 0 Å². The van der Waals surface area contributed by atoms with Crippen LogP contribution < -0.4 is 0 Å². The molecule has 0 aromatic carbocycles. The van der Waals surface area contributed by atoms with Gasteiger partial charge in [-0.3, -0.25) is 0 Å². The first-order valence-corrected chi connectivity index (χ1v) is 10.4. The Morgan fingerprint density at radius 3 is 3.00 bits per heavy atom. The van der Waals surface area contributed by atoms with Crippen LogP contribution in [0.25, 0.3) is 10.6 Å². The first-order valence-electron chi connectivity index (χ1n) is 8.14. The third-order valence-corrected chi connectivity index (χ3v) is 7.82. The second-order valence-corrected chi connectivity index (χ2v) is 9.10. The van der Waals surface area contributed by atoms with Crippen LogP contribution >= 0.6 is 11.3 Å². The van der Waals surface area contributed by atoms with Crippen LogP contribution in [0.2, 0.25) is 0 Å². The van der Waals surface area contributed by atoms with Crippen LogP contribution in [0.3, 0.4) is 0 Å². The van der Waals surface area contributed by atoms with Gasteiger partial charge in [-0.05, 0) is 37.8 Å². The average Bonchev–Trinajstić information content (AvgIpc) is 3.27. The first kappa shape index (κ1) is 17.6. The van der Waals surface area contributed by atoms with E-state index in [0.29, 0.717) is 23.1 Å². The van der Waals surface area contributed by atoms with Crippen LogP contribution in [0.15, 0.2) is 33.2 Å². The lowest BCUT2D eigenvalue weighted by Crippen LogP contribution is -2.43. The average molecular weight is 370 g/mol. The fraction of sp³-hybridized carbons (Fsp3) is 0.562. The van der Waals surface area contributed by atoms with Crippen molar-refractivity contribution < 1.29 is 17.7 Å². The zero-order valence-electron chi connectivity index (χ0n) is 13.7. The van der Waals surface area contributed by atoms with Crippen molar-refractivity contribution in [2.45, 2.75) is 42.4 Å². The van der Waals surface area contributed by atoms with Crippen LogP contribution in [0.4, 0.5) is 0 Å². The molecule has 0 spiro atoms. The SMILES string of the molecule is COCCC[C@@H]1CCCCN1S(=O)(=O)c1ccc(-c2ccon2)s1. The van der Waals surface area contributed by atoms with Gasteiger partial charge in [0.15, 0.2) is 0 Å². The summed E-state index contributed by atoms with van der Waals surface area (Å²) < 4.78 is 38.1. The Hall–Kier alpha value is -1.22. The predicted octanol–water partition coefficient (Wildman–Crippen LogP) is 3.37. The zero-order chi connectivity index (χ0) is 17.0. The molecule has 0 radical (unpaired) electrons. The van der Waals surface area contributed by atoms with Crippen molar-refractivity contribution >= 4 is 21.4 Å². The Labute approximate surface area is 146 Å². The van der Waals surface area contributed by atoms with Crippen molar-refractivity contribution in [1.29, 1.82) is 0 Å². The molecule has 0 N–H and O–H groups in total. The Balaban J connectivity index is 1.80. The molecule has 2 aromatic rings. The minimum Gasteiger partial charge on any atom is -0.385 e. The van der Waals surface area contributed by atoms with Crippen molar-refractivity contribution in [3.05, 3.63) is 24.5 Å². The van der Waals surface area contributed by atoms with Crippen molar-refractivity contribution in [2.75, 3.05) is 20.3 Å². The molecule has 8 heteroatoms. The molecule has 24 heavy (non-hydrogen) atoms. The molecule has 1 fully saturated rings. The van der Waals surface area contributed by atoms with Crippen LogP contribution in [-0.4, -0.2) is 44.2 Å². The number of rotatable bonds is 7. The Morgan fingerprint density at radius 2 is 2.25 bits per heavy atom. The monoisotopic (exact) mass is 370 g/mol. The molecular formula is C16H22N2O4S2. The molecular weight excluding hydrogens is 348 g/mol. The second kappa shape index (κ2) is 7.77. The minimum atomic E-state index is -3.47. The zero-order valence-corrected chi connectivity index (χ0v) is 15.3. The van der Waals surface area contributed by atoms with E-state index in [2.05, 4.69) is 5.16 Å². The number of piperidine rings is 1. The molecule has 0 saturated carbocycles. The molecule has 2 aromatic heterocycles.